The number of hydrogen-bond donors (Lipinski definition) is 2. The molecular formula is C15H15N3O4S. The molecule has 0 bridgehead atoms. The molecule has 1 aliphatic rings. The van der Waals surface area contributed by atoms with Crippen LogP contribution in [0.15, 0.2) is 46.4 Å². The van der Waals surface area contributed by atoms with E-state index in [-0.39, 0.29) is 22.4 Å². The highest BCUT2D eigenvalue weighted by Gasteiger charge is 2.25. The Morgan fingerprint density at radius 3 is 2.78 bits per heavy atom. The zero-order valence-corrected chi connectivity index (χ0v) is 13.2. The Labute approximate surface area is 137 Å². The van der Waals surface area contributed by atoms with E-state index in [1.165, 1.54) is 7.11 Å². The molecule has 2 N–H and O–H groups in total. The molecule has 1 aromatic carbocycles. The summed E-state index contributed by atoms with van der Waals surface area (Å²) in [6, 6.07) is 9.61. The Hall–Kier alpha value is -2.61. The first-order chi connectivity index (χ1) is 11.1. The van der Waals surface area contributed by atoms with Crippen LogP contribution in [0.4, 0.5) is 0 Å². The average Bonchev–Trinajstić information content (AvgIpc) is 2.91. The van der Waals surface area contributed by atoms with Crippen LogP contribution in [-0.2, 0) is 25.5 Å². The summed E-state index contributed by atoms with van der Waals surface area (Å²) in [7, 11) is 1.22. The van der Waals surface area contributed by atoms with Gasteiger partial charge in [0.25, 0.3) is 5.91 Å². The summed E-state index contributed by atoms with van der Waals surface area (Å²) in [6.45, 7) is 0. The van der Waals surface area contributed by atoms with Gasteiger partial charge >= 0.3 is 5.97 Å². The molecule has 1 aliphatic heterocycles. The van der Waals surface area contributed by atoms with E-state index in [2.05, 4.69) is 20.6 Å². The number of nitrogens with one attached hydrogen (secondary N) is 2. The fourth-order valence-corrected chi connectivity index (χ4v) is 2.46. The van der Waals surface area contributed by atoms with E-state index in [0.29, 0.717) is 6.42 Å². The second-order valence-electron chi connectivity index (χ2n) is 4.53. The first kappa shape index (κ1) is 16.8. The molecule has 7 nitrogen and oxygen atoms in total. The summed E-state index contributed by atoms with van der Waals surface area (Å²) in [5, 5.41) is 6.48. The predicted molar refractivity (Wildman–Crippen MR) is 86.2 cm³/mol. The zero-order chi connectivity index (χ0) is 16.7. The highest BCUT2D eigenvalue weighted by molar-refractivity contribution is 8.18. The van der Waals surface area contributed by atoms with E-state index in [4.69, 9.17) is 0 Å². The molecule has 0 aromatic heterocycles. The molecule has 120 valence electrons. The summed E-state index contributed by atoms with van der Waals surface area (Å²) < 4.78 is 4.45. The molecule has 23 heavy (non-hydrogen) atoms. The van der Waals surface area contributed by atoms with Crippen molar-refractivity contribution in [1.82, 2.24) is 10.7 Å². The van der Waals surface area contributed by atoms with Crippen molar-refractivity contribution in [3.8, 4) is 0 Å². The maximum Gasteiger partial charge on any atom is 0.331 e. The third-order valence-electron chi connectivity index (χ3n) is 2.87. The molecule has 8 heteroatoms. The number of rotatable bonds is 5. The van der Waals surface area contributed by atoms with Crippen molar-refractivity contribution in [2.24, 2.45) is 5.10 Å². The molecule has 1 saturated heterocycles. The minimum absolute atomic E-state index is 0.161. The monoisotopic (exact) mass is 333 g/mol. The van der Waals surface area contributed by atoms with Crippen LogP contribution in [0, 0.1) is 0 Å². The normalized spacial score (nSPS) is 17.2. The van der Waals surface area contributed by atoms with E-state index in [0.717, 1.165) is 23.4 Å². The molecule has 1 heterocycles. The van der Waals surface area contributed by atoms with Crippen LogP contribution in [0.25, 0.3) is 0 Å². The maximum atomic E-state index is 11.7. The van der Waals surface area contributed by atoms with Gasteiger partial charge < -0.3 is 4.74 Å². The Bertz CT molecular complexity index is 671. The molecule has 0 aliphatic carbocycles. The molecule has 0 unspecified atom stereocenters. The lowest BCUT2D eigenvalue weighted by molar-refractivity contribution is -0.135. The lowest BCUT2D eigenvalue weighted by atomic mass is 10.1. The number of amidine groups is 1. The zero-order valence-electron chi connectivity index (χ0n) is 12.4. The number of hydrogen-bond acceptors (Lipinski definition) is 6. The van der Waals surface area contributed by atoms with Crippen LogP contribution in [0.1, 0.15) is 12.0 Å². The Balaban J connectivity index is 1.84. The summed E-state index contributed by atoms with van der Waals surface area (Å²) >= 11 is 0.954. The fraction of sp³-hybridized carbons (Fsp3) is 0.200. The molecular weight excluding hydrogens is 318 g/mol. The molecule has 2 rings (SSSR count). The quantitative estimate of drug-likeness (QED) is 0.475. The average molecular weight is 333 g/mol. The lowest BCUT2D eigenvalue weighted by Crippen LogP contribution is -2.25. The number of carbonyl (C=O) groups is 3. The summed E-state index contributed by atoms with van der Waals surface area (Å²) in [4.78, 5) is 34.6. The molecule has 0 saturated carbocycles. The number of ether oxygens (including phenoxy) is 1. The number of amides is 2. The second kappa shape index (κ2) is 8.14. The Kier molecular flexibility index (Phi) is 5.93. The van der Waals surface area contributed by atoms with E-state index in [1.807, 2.05) is 30.3 Å². The first-order valence-corrected chi connectivity index (χ1v) is 7.59. The van der Waals surface area contributed by atoms with Crippen molar-refractivity contribution in [3.63, 3.8) is 0 Å². The van der Waals surface area contributed by atoms with Crippen LogP contribution < -0.4 is 10.7 Å². The number of thioether (sulfide) groups is 1. The number of nitrogens with zero attached hydrogens (tertiary/aromatic N) is 1. The van der Waals surface area contributed by atoms with Gasteiger partial charge in [0, 0.05) is 12.5 Å². The topological polar surface area (TPSA) is 96.9 Å². The standard InChI is InChI=1S/C15H15N3O4S/c1-22-13(20)9-11-14(21)16-15(23-11)18-17-12(19)8-7-10-5-3-2-4-6-10/h2-6,9H,7-8H2,1H3,(H,17,19)(H,16,18,21)/b11-9+. The molecule has 1 fully saturated rings. The van der Waals surface area contributed by atoms with Crippen molar-refractivity contribution in [3.05, 3.63) is 46.9 Å². The SMILES string of the molecule is COC(=O)/C=C1/S/C(=N/NC(=O)CCc2ccccc2)NC1=O. The number of carbonyl (C=O) groups excluding carboxylic acids is 3. The number of benzene rings is 1. The predicted octanol–water partition coefficient (Wildman–Crippen LogP) is 0.926. The lowest BCUT2D eigenvalue weighted by Gasteiger charge is -2.01. The van der Waals surface area contributed by atoms with Crippen LogP contribution in [0.5, 0.6) is 0 Å². The van der Waals surface area contributed by atoms with Crippen LogP contribution in [0.2, 0.25) is 0 Å². The van der Waals surface area contributed by atoms with Crippen molar-refractivity contribution in [2.75, 3.05) is 7.11 Å². The van der Waals surface area contributed by atoms with Crippen molar-refractivity contribution < 1.29 is 19.1 Å². The third kappa shape index (κ3) is 5.26. The largest absolute Gasteiger partial charge is 0.466 e. The van der Waals surface area contributed by atoms with Gasteiger partial charge in [0.1, 0.15) is 0 Å². The Morgan fingerprint density at radius 1 is 1.35 bits per heavy atom. The third-order valence-corrected chi connectivity index (χ3v) is 3.78. The van der Waals surface area contributed by atoms with Crippen LogP contribution >= 0.6 is 11.8 Å². The fourth-order valence-electron chi connectivity index (χ4n) is 1.72. The van der Waals surface area contributed by atoms with Gasteiger partial charge in [0.15, 0.2) is 5.17 Å². The first-order valence-electron chi connectivity index (χ1n) is 6.78. The van der Waals surface area contributed by atoms with Gasteiger partial charge in [-0.1, -0.05) is 30.3 Å². The molecule has 0 spiro atoms. The summed E-state index contributed by atoms with van der Waals surface area (Å²) in [6.07, 6.45) is 1.95. The van der Waals surface area contributed by atoms with Crippen LogP contribution in [-0.4, -0.2) is 30.1 Å². The van der Waals surface area contributed by atoms with E-state index >= 15 is 0 Å². The number of hydrazone groups is 1. The van der Waals surface area contributed by atoms with Crippen molar-refractivity contribution >= 4 is 34.7 Å². The van der Waals surface area contributed by atoms with Crippen LogP contribution in [0.3, 0.4) is 0 Å². The van der Waals surface area contributed by atoms with Gasteiger partial charge in [-0.05, 0) is 23.7 Å². The van der Waals surface area contributed by atoms with Gasteiger partial charge in [-0.3, -0.25) is 14.9 Å². The van der Waals surface area contributed by atoms with E-state index in [9.17, 15) is 14.4 Å². The number of esters is 1. The molecule has 1 aromatic rings. The smallest absolute Gasteiger partial charge is 0.331 e. The van der Waals surface area contributed by atoms with Gasteiger partial charge in [0.2, 0.25) is 5.91 Å². The van der Waals surface area contributed by atoms with Gasteiger partial charge in [-0.2, -0.15) is 0 Å². The van der Waals surface area contributed by atoms with Crippen molar-refractivity contribution in [2.45, 2.75) is 12.8 Å². The highest BCUT2D eigenvalue weighted by Crippen LogP contribution is 2.22. The minimum Gasteiger partial charge on any atom is -0.466 e. The summed E-state index contributed by atoms with van der Waals surface area (Å²) in [5.41, 5.74) is 3.43. The van der Waals surface area contributed by atoms with Crippen molar-refractivity contribution in [1.29, 1.82) is 0 Å². The van der Waals surface area contributed by atoms with E-state index in [1.54, 1.807) is 0 Å². The highest BCUT2D eigenvalue weighted by atomic mass is 32.2. The van der Waals surface area contributed by atoms with E-state index < -0.39 is 11.9 Å². The number of aryl methyl sites for hydroxylation is 1. The molecule has 0 atom stereocenters. The molecule has 2 amide bonds. The Morgan fingerprint density at radius 2 is 2.09 bits per heavy atom. The van der Waals surface area contributed by atoms with Gasteiger partial charge in [0.05, 0.1) is 12.0 Å². The van der Waals surface area contributed by atoms with Gasteiger partial charge in [-0.15, -0.1) is 5.10 Å². The minimum atomic E-state index is -0.629. The van der Waals surface area contributed by atoms with Gasteiger partial charge in [-0.25, -0.2) is 10.2 Å². The maximum absolute atomic E-state index is 11.7. The summed E-state index contributed by atoms with van der Waals surface area (Å²) in [5.74, 6) is -1.35. The number of methoxy groups -OCH3 is 1. The second-order valence-corrected chi connectivity index (χ2v) is 5.56. The molecule has 0 radical (unpaired) electrons.